The Morgan fingerprint density at radius 2 is 1.55 bits per heavy atom. The molecule has 5 heteroatoms. The van der Waals surface area contributed by atoms with Crippen molar-refractivity contribution < 1.29 is 14.2 Å². The highest BCUT2D eigenvalue weighted by atomic mass is 16.7. The Balaban J connectivity index is 1.71. The van der Waals surface area contributed by atoms with Gasteiger partial charge in [0.15, 0.2) is 6.29 Å². The summed E-state index contributed by atoms with van der Waals surface area (Å²) in [5, 5.41) is 0. The van der Waals surface area contributed by atoms with Crippen molar-refractivity contribution in [3.63, 3.8) is 0 Å². The summed E-state index contributed by atoms with van der Waals surface area (Å²) in [6.07, 6.45) is -0.435. The van der Waals surface area contributed by atoms with Crippen LogP contribution in [0.5, 0.6) is 5.75 Å². The maximum Gasteiger partial charge on any atom is 0.184 e. The Labute approximate surface area is 181 Å². The highest BCUT2D eigenvalue weighted by Crippen LogP contribution is 2.39. The minimum absolute atomic E-state index is 0.435. The second-order valence-electron chi connectivity index (χ2n) is 7.52. The molecule has 1 aliphatic heterocycles. The molecule has 0 atom stereocenters. The number of aromatic nitrogens is 2. The van der Waals surface area contributed by atoms with Gasteiger partial charge in [-0.3, -0.25) is 0 Å². The molecule has 4 aromatic rings. The van der Waals surface area contributed by atoms with Gasteiger partial charge in [-0.25, -0.2) is 4.98 Å². The van der Waals surface area contributed by atoms with Gasteiger partial charge in [-0.1, -0.05) is 60.7 Å². The van der Waals surface area contributed by atoms with Crippen molar-refractivity contribution in [1.29, 1.82) is 0 Å². The molecule has 1 aromatic heterocycles. The van der Waals surface area contributed by atoms with Gasteiger partial charge < -0.3 is 19.2 Å². The number of imidazole rings is 1. The highest BCUT2D eigenvalue weighted by Gasteiger charge is 2.26. The number of hydrogen-bond donors (Lipinski definition) is 1. The molecule has 3 aromatic carbocycles. The first kappa shape index (κ1) is 19.5. The van der Waals surface area contributed by atoms with Gasteiger partial charge >= 0.3 is 0 Å². The number of hydrogen-bond acceptors (Lipinski definition) is 4. The summed E-state index contributed by atoms with van der Waals surface area (Å²) in [4.78, 5) is 8.63. The van der Waals surface area contributed by atoms with E-state index in [1.807, 2.05) is 49.4 Å². The summed E-state index contributed by atoms with van der Waals surface area (Å²) in [6, 6.07) is 24.6. The van der Waals surface area contributed by atoms with Crippen molar-refractivity contribution in [1.82, 2.24) is 9.97 Å². The van der Waals surface area contributed by atoms with Gasteiger partial charge in [-0.15, -0.1) is 0 Å². The van der Waals surface area contributed by atoms with Crippen molar-refractivity contribution in [2.24, 2.45) is 0 Å². The topological polar surface area (TPSA) is 56.4 Å². The van der Waals surface area contributed by atoms with E-state index in [1.165, 1.54) is 0 Å². The normalized spacial score (nSPS) is 14.1. The summed E-state index contributed by atoms with van der Waals surface area (Å²) >= 11 is 0. The largest absolute Gasteiger partial charge is 0.496 e. The fourth-order valence-electron chi connectivity index (χ4n) is 3.98. The zero-order valence-electron chi connectivity index (χ0n) is 17.6. The van der Waals surface area contributed by atoms with Crippen LogP contribution in [0.25, 0.3) is 33.9 Å². The number of nitrogens with zero attached hydrogens (tertiary/aromatic N) is 1. The van der Waals surface area contributed by atoms with Crippen molar-refractivity contribution in [2.45, 2.75) is 13.2 Å². The van der Waals surface area contributed by atoms with Gasteiger partial charge in [0.1, 0.15) is 11.6 Å². The summed E-state index contributed by atoms with van der Waals surface area (Å²) < 4.78 is 17.2. The van der Waals surface area contributed by atoms with Crippen molar-refractivity contribution in [2.75, 3.05) is 20.3 Å². The number of rotatable bonds is 5. The number of aromatic amines is 1. The average molecular weight is 412 g/mol. The summed E-state index contributed by atoms with van der Waals surface area (Å²) in [7, 11) is 1.68. The van der Waals surface area contributed by atoms with E-state index in [4.69, 9.17) is 19.2 Å². The van der Waals surface area contributed by atoms with Crippen LogP contribution in [0.15, 0.2) is 72.8 Å². The Hall–Kier alpha value is -3.41. The molecule has 1 aliphatic rings. The predicted molar refractivity (Wildman–Crippen MR) is 121 cm³/mol. The zero-order valence-corrected chi connectivity index (χ0v) is 17.6. The van der Waals surface area contributed by atoms with E-state index in [-0.39, 0.29) is 0 Å². The number of H-pyrrole nitrogens is 1. The van der Waals surface area contributed by atoms with Crippen LogP contribution < -0.4 is 4.74 Å². The molecule has 156 valence electrons. The number of ether oxygens (including phenoxy) is 3. The molecule has 31 heavy (non-hydrogen) atoms. The van der Waals surface area contributed by atoms with Gasteiger partial charge in [-0.2, -0.15) is 0 Å². The molecule has 0 radical (unpaired) electrons. The minimum atomic E-state index is -0.435. The van der Waals surface area contributed by atoms with E-state index in [9.17, 15) is 0 Å². The monoisotopic (exact) mass is 412 g/mol. The second-order valence-corrected chi connectivity index (χ2v) is 7.52. The third kappa shape index (κ3) is 3.74. The lowest BCUT2D eigenvalue weighted by atomic mass is 10.0. The van der Waals surface area contributed by atoms with Crippen LogP contribution in [0.2, 0.25) is 0 Å². The maximum atomic E-state index is 5.83. The van der Waals surface area contributed by atoms with E-state index in [0.29, 0.717) is 13.2 Å². The summed E-state index contributed by atoms with van der Waals surface area (Å²) in [5.41, 5.74) is 6.92. The number of aryl methyl sites for hydroxylation is 1. The second kappa shape index (κ2) is 8.38. The molecule has 5 rings (SSSR count). The van der Waals surface area contributed by atoms with Crippen LogP contribution in [-0.4, -0.2) is 30.3 Å². The van der Waals surface area contributed by atoms with E-state index in [1.54, 1.807) is 7.11 Å². The van der Waals surface area contributed by atoms with Crippen LogP contribution in [-0.2, 0) is 9.47 Å². The van der Waals surface area contributed by atoms with E-state index in [2.05, 4.69) is 35.3 Å². The lowest BCUT2D eigenvalue weighted by Crippen LogP contribution is -2.03. The molecule has 2 heterocycles. The molecule has 0 spiro atoms. The molecule has 1 saturated heterocycles. The fraction of sp³-hybridized carbons (Fsp3) is 0.192. The first-order valence-electron chi connectivity index (χ1n) is 10.4. The molecule has 0 bridgehead atoms. The zero-order chi connectivity index (χ0) is 21.2. The maximum absolute atomic E-state index is 5.83. The van der Waals surface area contributed by atoms with Crippen LogP contribution in [0.3, 0.4) is 0 Å². The molecular weight excluding hydrogens is 388 g/mol. The molecular formula is C26H24N2O3. The lowest BCUT2D eigenvalue weighted by Gasteiger charge is -2.16. The van der Waals surface area contributed by atoms with Crippen LogP contribution in [0.1, 0.15) is 17.4 Å². The van der Waals surface area contributed by atoms with Gasteiger partial charge in [0, 0.05) is 22.3 Å². The SMILES string of the molecule is COc1cc(C2OCCO2)c(-c2nc(-c3ccccc3)c(-c3ccccc3)[nH]2)cc1C. The van der Waals surface area contributed by atoms with Crippen molar-refractivity contribution in [3.8, 4) is 39.7 Å². The van der Waals surface area contributed by atoms with Crippen LogP contribution >= 0.6 is 0 Å². The Morgan fingerprint density at radius 3 is 2.19 bits per heavy atom. The predicted octanol–water partition coefficient (Wildman–Crippen LogP) is 5.77. The smallest absolute Gasteiger partial charge is 0.184 e. The third-order valence-corrected chi connectivity index (χ3v) is 5.51. The minimum Gasteiger partial charge on any atom is -0.496 e. The molecule has 0 amide bonds. The van der Waals surface area contributed by atoms with Crippen LogP contribution in [0.4, 0.5) is 0 Å². The van der Waals surface area contributed by atoms with Crippen molar-refractivity contribution >= 4 is 0 Å². The van der Waals surface area contributed by atoms with Gasteiger partial charge in [-0.05, 0) is 24.6 Å². The third-order valence-electron chi connectivity index (χ3n) is 5.51. The lowest BCUT2D eigenvalue weighted by molar-refractivity contribution is -0.0438. The van der Waals surface area contributed by atoms with E-state index < -0.39 is 6.29 Å². The molecule has 0 saturated carbocycles. The van der Waals surface area contributed by atoms with E-state index >= 15 is 0 Å². The number of benzene rings is 3. The quantitative estimate of drug-likeness (QED) is 0.452. The number of methoxy groups -OCH3 is 1. The Bertz CT molecular complexity index is 1120. The molecule has 0 unspecified atom stereocenters. The van der Waals surface area contributed by atoms with Crippen LogP contribution in [0, 0.1) is 6.92 Å². The molecule has 0 aliphatic carbocycles. The first-order valence-corrected chi connectivity index (χ1v) is 10.4. The Morgan fingerprint density at radius 1 is 0.903 bits per heavy atom. The van der Waals surface area contributed by atoms with Gasteiger partial charge in [0.05, 0.1) is 31.7 Å². The Kier molecular flexibility index (Phi) is 5.28. The molecule has 1 N–H and O–H groups in total. The standard InChI is InChI=1S/C26H24N2O3/c1-17-15-20(21(16-22(17)29-2)26-30-13-14-31-26)25-27-23(18-9-5-3-6-10-18)24(28-25)19-11-7-4-8-12-19/h3-12,15-16,26H,13-14H2,1-2H3,(H,27,28). The average Bonchev–Trinajstić information content (AvgIpc) is 3.51. The highest BCUT2D eigenvalue weighted by molar-refractivity contribution is 5.82. The summed E-state index contributed by atoms with van der Waals surface area (Å²) in [6.45, 7) is 3.17. The fourth-order valence-corrected chi connectivity index (χ4v) is 3.98. The van der Waals surface area contributed by atoms with Gasteiger partial charge in [0.2, 0.25) is 0 Å². The first-order chi connectivity index (χ1) is 15.2. The molecule has 5 nitrogen and oxygen atoms in total. The van der Waals surface area contributed by atoms with Gasteiger partial charge in [0.25, 0.3) is 0 Å². The van der Waals surface area contributed by atoms with E-state index in [0.717, 1.165) is 50.8 Å². The molecule has 1 fully saturated rings. The summed E-state index contributed by atoms with van der Waals surface area (Å²) in [5.74, 6) is 1.58. The number of nitrogens with one attached hydrogen (secondary N) is 1. The van der Waals surface area contributed by atoms with Crippen molar-refractivity contribution in [3.05, 3.63) is 83.9 Å².